The molecule has 0 amide bonds. The van der Waals surface area contributed by atoms with Crippen LogP contribution in [0, 0.1) is 0 Å². The number of aromatic nitrogens is 7. The van der Waals surface area contributed by atoms with Crippen LogP contribution in [0.3, 0.4) is 0 Å². The standard InChI is InChI=1S/C9H13N2.2C8H11N2.C7H9N2.2C6H7N2.C5H4N2.7C4H8.7Ni/c1-9(2,3)11-7-8-5-4-6-10-8;1-7(2)10-6-8-4-3-5-9-8;1-2-5-9-7-8-4-3-6-10-8;1-2-8-6-7-4-3-5-9-7;2*1-7-5-6-3-2-4-8-6;6-4-5-2-1-3-7-5;5*1-4(2)3;2*1-3-4-2;;;;;;;/h4-7H,1-3H3;3-7H,1-2H3;3-4,6-7H,2,5H2,1H3;3-6H,2H2,1H3;2*2-5H,1H3;1-4H;5*1H2,2-3H3;2*3H,1,4H2,2H3;;;;;;;/q6*-1;-2;;;;;;;;;;;;;;+2. The average molecular weight is 1650 g/mol. The van der Waals surface area contributed by atoms with Gasteiger partial charge >= 0.3 is 16.5 Å². The number of hydrogen-bond acceptors (Lipinski definition) is 6. The van der Waals surface area contributed by atoms with Gasteiger partial charge in [-0.2, -0.15) is 49.1 Å². The molecule has 0 aromatic carbocycles. The molecule has 0 aliphatic heterocycles. The largest absolute Gasteiger partial charge is 2.00 e. The van der Waals surface area contributed by atoms with Crippen molar-refractivity contribution >= 4 is 43.5 Å². The molecule has 0 spiro atoms. The third-order valence-corrected chi connectivity index (χ3v) is 7.34. The Morgan fingerprint density at radius 1 is 0.418 bits per heavy atom. The summed E-state index contributed by atoms with van der Waals surface area (Å²) >= 11 is 0. The van der Waals surface area contributed by atoms with Gasteiger partial charge in [-0.05, 0) is 130 Å². The fourth-order valence-corrected chi connectivity index (χ4v) is 3.95. The van der Waals surface area contributed by atoms with Gasteiger partial charge in [0.25, 0.3) is 0 Å². The Labute approximate surface area is 667 Å². The van der Waals surface area contributed by atoms with Gasteiger partial charge in [-0.3, -0.25) is 30.0 Å². The van der Waals surface area contributed by atoms with Crippen molar-refractivity contribution in [3.63, 3.8) is 0 Å². The topological polar surface area (TPSA) is 195 Å². The van der Waals surface area contributed by atoms with Crippen LogP contribution in [-0.4, -0.2) is 82.3 Å². The van der Waals surface area contributed by atoms with Crippen LogP contribution in [-0.2, 0) is 115 Å². The molecule has 7 aromatic heterocycles. The number of aliphatic imine (C=N–C) groups is 6. The maximum absolute atomic E-state index is 8.24. The van der Waals surface area contributed by atoms with Crippen molar-refractivity contribution in [3.8, 4) is 0 Å². The van der Waals surface area contributed by atoms with E-state index in [0.29, 0.717) is 11.7 Å². The molecular weight excluding hydrogens is 1530 g/mol. The predicted octanol–water partition coefficient (Wildman–Crippen LogP) is 19.0. The number of rotatable bonds is 13. The summed E-state index contributed by atoms with van der Waals surface area (Å²) in [6.07, 6.45) is 30.8. The third kappa shape index (κ3) is 134. The van der Waals surface area contributed by atoms with Gasteiger partial charge in [0.15, 0.2) is 0 Å². The van der Waals surface area contributed by atoms with Gasteiger partial charge in [-0.15, -0.1) is 80.2 Å². The molecule has 7 heterocycles. The van der Waals surface area contributed by atoms with Crippen molar-refractivity contribution in [2.24, 2.45) is 30.0 Å². The van der Waals surface area contributed by atoms with Gasteiger partial charge in [0.05, 0.1) is 5.54 Å². The molecule has 21 heteroatoms. The van der Waals surface area contributed by atoms with Crippen molar-refractivity contribution in [3.05, 3.63) is 260 Å². The monoisotopic (exact) mass is 1640 g/mol. The van der Waals surface area contributed by atoms with Gasteiger partial charge in [0.2, 0.25) is 0 Å². The summed E-state index contributed by atoms with van der Waals surface area (Å²) in [5, 5.41) is 8.24. The maximum Gasteiger partial charge on any atom is 2.00 e. The second kappa shape index (κ2) is 97.7. The van der Waals surface area contributed by atoms with E-state index >= 15 is 0 Å². The molecule has 0 bridgehead atoms. The quantitative estimate of drug-likeness (QED) is 0.0622. The third-order valence-electron chi connectivity index (χ3n) is 7.34. The zero-order chi connectivity index (χ0) is 70.9. The Bertz CT molecular complexity index is 2690. The first-order valence-corrected chi connectivity index (χ1v) is 30.3. The van der Waals surface area contributed by atoms with Crippen molar-refractivity contribution in [2.45, 2.75) is 162 Å². The second-order valence-electron chi connectivity index (χ2n) is 21.2. The predicted molar refractivity (Wildman–Crippen MR) is 408 cm³/mol. The molecule has 0 aliphatic carbocycles. The van der Waals surface area contributed by atoms with Gasteiger partial charge in [0, 0.05) is 169 Å². The molecule has 0 fully saturated rings. The van der Waals surface area contributed by atoms with E-state index in [2.05, 4.69) is 152 Å². The Morgan fingerprint density at radius 2 is 0.643 bits per heavy atom. The summed E-state index contributed by atoms with van der Waals surface area (Å²) in [7, 11) is 3.46. The fourth-order valence-electron chi connectivity index (χ4n) is 3.95. The zero-order valence-corrected chi connectivity index (χ0v) is 69.3. The summed E-state index contributed by atoms with van der Waals surface area (Å²) in [6.45, 7) is 64.7. The number of nitrogens with zero attached hydrogens (tertiary/aromatic N) is 14. The molecule has 0 radical (unpaired) electrons. The van der Waals surface area contributed by atoms with E-state index in [1.54, 1.807) is 101 Å². The van der Waals surface area contributed by atoms with E-state index < -0.39 is 0 Å². The molecule has 98 heavy (non-hydrogen) atoms. The van der Waals surface area contributed by atoms with E-state index in [0.717, 1.165) is 72.7 Å². The normalized spacial score (nSPS) is 8.88. The molecule has 0 saturated heterocycles. The van der Waals surface area contributed by atoms with Crippen LogP contribution in [0.25, 0.3) is 5.41 Å². The minimum atomic E-state index is -0.00104. The van der Waals surface area contributed by atoms with Crippen LogP contribution in [0.5, 0.6) is 0 Å². The smallest absolute Gasteiger partial charge is 0.812 e. The van der Waals surface area contributed by atoms with Crippen LogP contribution in [0.15, 0.2) is 244 Å². The molecule has 0 aliphatic rings. The SMILES string of the molecule is C=C(C)C.C=C(C)C.C=C(C)C.C=C(C)C.C=C(C)C.C=CCC.C=CCC.CC(C)(C)N=Cc1ccc[n-]1.CC(C)N=Cc1ccc[n-]1.CCCN=Cc1ccc[n-]1.CCN=Cc1ccc[n-]1.CN=Cc1ccc[n-]1.CN=Cc1ccc[n-]1.[N-]=Cc1ccc[n-]1.[Ni+2].[Ni].[Ni].[Ni].[Ni].[Ni].[Ni]. The van der Waals surface area contributed by atoms with Gasteiger partial charge in [-0.25, -0.2) is 6.21 Å². The summed E-state index contributed by atoms with van der Waals surface area (Å²) in [6, 6.07) is 26.8. The number of hydrogen-bond donors (Lipinski definition) is 0. The summed E-state index contributed by atoms with van der Waals surface area (Å²) in [5.74, 6) is 0. The minimum absolute atomic E-state index is 0. The Kier molecular flexibility index (Phi) is 125. The summed E-state index contributed by atoms with van der Waals surface area (Å²) in [4.78, 5) is 52.0. The maximum atomic E-state index is 8.24. The van der Waals surface area contributed by atoms with Crippen molar-refractivity contribution in [2.75, 3.05) is 27.2 Å². The average Bonchev–Trinajstić information content (AvgIpc) is 3.34. The number of allylic oxidation sites excluding steroid dienone is 7. The van der Waals surface area contributed by atoms with E-state index in [1.807, 2.05) is 181 Å². The van der Waals surface area contributed by atoms with E-state index in [9.17, 15) is 0 Å². The first-order valence-electron chi connectivity index (χ1n) is 30.3. The Balaban J connectivity index is -0.0000000653. The Hall–Kier alpha value is -5.72. The van der Waals surface area contributed by atoms with Crippen LogP contribution < -0.4 is 34.9 Å². The van der Waals surface area contributed by atoms with Crippen molar-refractivity contribution in [1.82, 2.24) is 34.9 Å². The molecule has 7 rings (SSSR count). The molecular formula is C77H118N14Ni7-6. The summed E-state index contributed by atoms with van der Waals surface area (Å²) < 4.78 is 0. The van der Waals surface area contributed by atoms with Gasteiger partial charge in [0.1, 0.15) is 0 Å². The van der Waals surface area contributed by atoms with Crippen LogP contribution in [0.1, 0.15) is 191 Å². The molecule has 7 aromatic rings. The van der Waals surface area contributed by atoms with Gasteiger partial charge in [-0.1, -0.05) is 146 Å². The summed E-state index contributed by atoms with van der Waals surface area (Å²) in [5.41, 5.74) is 12.1. The first kappa shape index (κ1) is 125. The van der Waals surface area contributed by atoms with Crippen LogP contribution >= 0.6 is 0 Å². The molecule has 14 nitrogen and oxygen atoms in total. The molecule has 0 N–H and O–H groups in total. The van der Waals surface area contributed by atoms with Crippen molar-refractivity contribution < 1.29 is 115 Å². The van der Waals surface area contributed by atoms with Crippen molar-refractivity contribution in [1.29, 1.82) is 0 Å². The van der Waals surface area contributed by atoms with E-state index in [-0.39, 0.29) is 121 Å². The first-order chi connectivity index (χ1) is 43.0. The molecule has 572 valence electrons. The second-order valence-corrected chi connectivity index (χ2v) is 21.2. The zero-order valence-electron chi connectivity index (χ0n) is 62.4. The molecule has 0 saturated carbocycles. The molecule has 0 atom stereocenters. The van der Waals surface area contributed by atoms with Crippen LogP contribution in [0.2, 0.25) is 0 Å². The van der Waals surface area contributed by atoms with E-state index in [4.69, 9.17) is 5.41 Å². The minimum Gasteiger partial charge on any atom is -0.812 e. The molecule has 0 unspecified atom stereocenters. The van der Waals surface area contributed by atoms with Crippen LogP contribution in [0.4, 0.5) is 0 Å². The fraction of sp³-hybridized carbons (Fsp3) is 0.364. The van der Waals surface area contributed by atoms with E-state index in [1.165, 1.54) is 27.9 Å². The van der Waals surface area contributed by atoms with Gasteiger partial charge < -0.3 is 40.3 Å². The Morgan fingerprint density at radius 3 is 0.816 bits per heavy atom.